The van der Waals surface area contributed by atoms with Crippen molar-refractivity contribution in [1.82, 2.24) is 25.1 Å². The molecule has 8 heteroatoms. The third kappa shape index (κ3) is 3.48. The van der Waals surface area contributed by atoms with E-state index in [0.717, 1.165) is 17.5 Å². The summed E-state index contributed by atoms with van der Waals surface area (Å²) in [7, 11) is 1.53. The van der Waals surface area contributed by atoms with Crippen molar-refractivity contribution in [2.45, 2.75) is 12.3 Å². The van der Waals surface area contributed by atoms with Crippen LogP contribution >= 0.6 is 0 Å². The molecular formula is C19H15N5O3. The van der Waals surface area contributed by atoms with Crippen molar-refractivity contribution < 1.29 is 4.74 Å². The van der Waals surface area contributed by atoms with Crippen LogP contribution in [0.25, 0.3) is 11.3 Å². The molecule has 1 aliphatic rings. The van der Waals surface area contributed by atoms with E-state index in [1.807, 2.05) is 12.1 Å². The van der Waals surface area contributed by atoms with Crippen LogP contribution in [0.15, 0.2) is 46.4 Å². The monoisotopic (exact) mass is 361 g/mol. The number of nitrogens with zero attached hydrogens (tertiary/aromatic N) is 3. The zero-order valence-corrected chi connectivity index (χ0v) is 14.4. The van der Waals surface area contributed by atoms with Crippen molar-refractivity contribution in [2.75, 3.05) is 7.11 Å². The van der Waals surface area contributed by atoms with E-state index < -0.39 is 11.2 Å². The van der Waals surface area contributed by atoms with Crippen LogP contribution in [0.4, 0.5) is 0 Å². The second-order valence-electron chi connectivity index (χ2n) is 6.13. The average Bonchev–Trinajstić information content (AvgIpc) is 3.46. The highest BCUT2D eigenvalue weighted by Crippen LogP contribution is 2.49. The summed E-state index contributed by atoms with van der Waals surface area (Å²) in [6, 6.07) is 5.49. The number of pyridine rings is 1. The molecular weight excluding hydrogens is 346 g/mol. The van der Waals surface area contributed by atoms with Crippen molar-refractivity contribution in [2.24, 2.45) is 5.92 Å². The van der Waals surface area contributed by atoms with Crippen LogP contribution in [0.5, 0.6) is 5.88 Å². The quantitative estimate of drug-likeness (QED) is 0.675. The van der Waals surface area contributed by atoms with E-state index in [9.17, 15) is 9.59 Å². The summed E-state index contributed by atoms with van der Waals surface area (Å²) >= 11 is 0. The van der Waals surface area contributed by atoms with Gasteiger partial charge in [0.15, 0.2) is 0 Å². The van der Waals surface area contributed by atoms with Crippen LogP contribution in [0.2, 0.25) is 0 Å². The molecule has 2 atom stereocenters. The normalized spacial score (nSPS) is 17.7. The first-order valence-corrected chi connectivity index (χ1v) is 8.31. The van der Waals surface area contributed by atoms with Crippen molar-refractivity contribution in [3.8, 4) is 29.0 Å². The van der Waals surface area contributed by atoms with Gasteiger partial charge >= 0.3 is 5.69 Å². The van der Waals surface area contributed by atoms with Gasteiger partial charge in [0.2, 0.25) is 5.88 Å². The van der Waals surface area contributed by atoms with E-state index in [1.54, 1.807) is 18.5 Å². The van der Waals surface area contributed by atoms with E-state index >= 15 is 0 Å². The molecule has 8 nitrogen and oxygen atoms in total. The molecule has 0 bridgehead atoms. The van der Waals surface area contributed by atoms with Crippen LogP contribution in [0, 0.1) is 17.8 Å². The average molecular weight is 361 g/mol. The third-order valence-corrected chi connectivity index (χ3v) is 4.35. The first-order chi connectivity index (χ1) is 13.2. The fourth-order valence-electron chi connectivity index (χ4n) is 2.86. The molecule has 3 aromatic heterocycles. The fourth-order valence-corrected chi connectivity index (χ4v) is 2.86. The van der Waals surface area contributed by atoms with Crippen LogP contribution in [0.3, 0.4) is 0 Å². The van der Waals surface area contributed by atoms with Crippen LogP contribution in [-0.2, 0) is 0 Å². The Morgan fingerprint density at radius 1 is 1.22 bits per heavy atom. The van der Waals surface area contributed by atoms with Gasteiger partial charge in [-0.25, -0.2) is 4.79 Å². The maximum atomic E-state index is 12.0. The number of hydrogen-bond acceptors (Lipinski definition) is 6. The predicted molar refractivity (Wildman–Crippen MR) is 97.2 cm³/mol. The highest BCUT2D eigenvalue weighted by atomic mass is 16.5. The Bertz CT molecular complexity index is 1160. The molecule has 0 saturated heterocycles. The lowest BCUT2D eigenvalue weighted by molar-refractivity contribution is 0.386. The Hall–Kier alpha value is -3.73. The van der Waals surface area contributed by atoms with Gasteiger partial charge in [0, 0.05) is 41.6 Å². The van der Waals surface area contributed by atoms with Gasteiger partial charge in [-0.2, -0.15) is 0 Å². The molecule has 1 aliphatic carbocycles. The maximum Gasteiger partial charge on any atom is 0.325 e. The molecule has 0 radical (unpaired) electrons. The molecule has 27 heavy (non-hydrogen) atoms. The highest BCUT2D eigenvalue weighted by molar-refractivity contribution is 5.58. The van der Waals surface area contributed by atoms with E-state index in [0.29, 0.717) is 11.6 Å². The number of aromatic nitrogens is 5. The maximum absolute atomic E-state index is 12.0. The highest BCUT2D eigenvalue weighted by Gasteiger charge is 2.40. The van der Waals surface area contributed by atoms with Crippen LogP contribution < -0.4 is 16.0 Å². The molecule has 2 N–H and O–H groups in total. The molecule has 0 aromatic carbocycles. The molecule has 0 spiro atoms. The van der Waals surface area contributed by atoms with E-state index in [-0.39, 0.29) is 17.4 Å². The van der Waals surface area contributed by atoms with Gasteiger partial charge in [-0.05, 0) is 24.6 Å². The van der Waals surface area contributed by atoms with Gasteiger partial charge in [-0.15, -0.1) is 10.2 Å². The number of rotatable bonds is 3. The zero-order chi connectivity index (χ0) is 18.8. The molecule has 3 heterocycles. The number of aromatic amines is 2. The van der Waals surface area contributed by atoms with Gasteiger partial charge in [-0.3, -0.25) is 14.8 Å². The molecule has 1 saturated carbocycles. The van der Waals surface area contributed by atoms with Gasteiger partial charge in [0.05, 0.1) is 12.7 Å². The summed E-state index contributed by atoms with van der Waals surface area (Å²) in [5, 5.41) is 8.12. The summed E-state index contributed by atoms with van der Waals surface area (Å²) in [4.78, 5) is 31.8. The van der Waals surface area contributed by atoms with E-state index in [1.165, 1.54) is 13.3 Å². The van der Waals surface area contributed by atoms with Gasteiger partial charge in [0.1, 0.15) is 5.69 Å². The van der Waals surface area contributed by atoms with Crippen molar-refractivity contribution in [1.29, 1.82) is 0 Å². The minimum Gasteiger partial charge on any atom is -0.480 e. The topological polar surface area (TPSA) is 114 Å². The minimum absolute atomic E-state index is 0.158. The molecule has 1 fully saturated rings. The molecule has 4 rings (SSSR count). The zero-order valence-electron chi connectivity index (χ0n) is 14.4. The Kier molecular flexibility index (Phi) is 4.26. The van der Waals surface area contributed by atoms with E-state index in [2.05, 4.69) is 37.0 Å². The third-order valence-electron chi connectivity index (χ3n) is 4.35. The summed E-state index contributed by atoms with van der Waals surface area (Å²) in [6.07, 6.45) is 5.62. The predicted octanol–water partition coefficient (Wildman–Crippen LogP) is 1.08. The summed E-state index contributed by atoms with van der Waals surface area (Å²) in [6.45, 7) is 0. The standard InChI is InChI=1S/C19H15N5O3/c1-27-18-14(13-8-12(13)3-2-11-4-6-20-7-5-11)9-16(23-24-18)15-10-21-19(26)22-17(15)25/h4-7,9-10,12-13H,8H2,1H3,(H2,21,22,25,26)/t12-,13-/m0/s1. The molecule has 0 aliphatic heterocycles. The number of H-pyrrole nitrogens is 2. The SMILES string of the molecule is COc1nnc(-c2c[nH]c(=O)[nH]c2=O)cc1[C@H]1C[C@@H]1C#Cc1ccncc1. The lowest BCUT2D eigenvalue weighted by atomic mass is 10.1. The van der Waals surface area contributed by atoms with E-state index in [4.69, 9.17) is 4.74 Å². The fraction of sp³-hybridized carbons (Fsp3) is 0.211. The molecule has 0 amide bonds. The first kappa shape index (κ1) is 16.7. The second kappa shape index (κ2) is 6.88. The van der Waals surface area contributed by atoms with Gasteiger partial charge in [0.25, 0.3) is 5.56 Å². The lowest BCUT2D eigenvalue weighted by Crippen LogP contribution is -2.23. The number of ether oxygens (including phenoxy) is 1. The van der Waals surface area contributed by atoms with Crippen molar-refractivity contribution >= 4 is 0 Å². The molecule has 0 unspecified atom stereocenters. The molecule has 134 valence electrons. The number of methoxy groups -OCH3 is 1. The number of nitrogens with one attached hydrogen (secondary N) is 2. The Labute approximate surface area is 153 Å². The Morgan fingerprint density at radius 3 is 2.78 bits per heavy atom. The summed E-state index contributed by atoms with van der Waals surface area (Å²) < 4.78 is 5.32. The molecule has 3 aromatic rings. The van der Waals surface area contributed by atoms with Gasteiger partial charge in [-0.1, -0.05) is 11.8 Å². The Morgan fingerprint density at radius 2 is 2.04 bits per heavy atom. The Balaban J connectivity index is 1.64. The van der Waals surface area contributed by atoms with Crippen LogP contribution in [-0.4, -0.2) is 32.3 Å². The smallest absolute Gasteiger partial charge is 0.325 e. The lowest BCUT2D eigenvalue weighted by Gasteiger charge is -2.07. The number of hydrogen-bond donors (Lipinski definition) is 2. The second-order valence-corrected chi connectivity index (χ2v) is 6.13. The largest absolute Gasteiger partial charge is 0.480 e. The van der Waals surface area contributed by atoms with Crippen molar-refractivity contribution in [3.63, 3.8) is 0 Å². The summed E-state index contributed by atoms with van der Waals surface area (Å²) in [5.74, 6) is 7.15. The minimum atomic E-state index is -0.570. The van der Waals surface area contributed by atoms with Gasteiger partial charge < -0.3 is 9.72 Å². The van der Waals surface area contributed by atoms with Crippen LogP contribution in [0.1, 0.15) is 23.5 Å². The first-order valence-electron chi connectivity index (χ1n) is 8.31. The summed E-state index contributed by atoms with van der Waals surface area (Å²) in [5.41, 5.74) is 1.29. The van der Waals surface area contributed by atoms with Crippen molar-refractivity contribution in [3.05, 3.63) is 68.8 Å².